The number of carbonyl (C=O) groups excluding carboxylic acids is 2. The topological polar surface area (TPSA) is 78.9 Å². The predicted octanol–water partition coefficient (Wildman–Crippen LogP) is 0.397. The highest BCUT2D eigenvalue weighted by Crippen LogP contribution is 2.21. The Bertz CT molecular complexity index is 585. The molecule has 126 valence electrons. The Morgan fingerprint density at radius 1 is 1.39 bits per heavy atom. The van der Waals surface area contributed by atoms with Crippen LogP contribution in [0.3, 0.4) is 0 Å². The molecule has 1 aromatic carbocycles. The van der Waals surface area contributed by atoms with Crippen molar-refractivity contribution in [2.45, 2.75) is 25.5 Å². The number of halogens is 1. The number of carbonyl (C=O) groups is 2. The lowest BCUT2D eigenvalue weighted by Gasteiger charge is -2.31. The van der Waals surface area contributed by atoms with Gasteiger partial charge in [0, 0.05) is 13.1 Å². The van der Waals surface area contributed by atoms with Gasteiger partial charge in [-0.25, -0.2) is 4.39 Å². The van der Waals surface area contributed by atoms with Crippen LogP contribution in [-0.2, 0) is 19.9 Å². The molecule has 2 amide bonds. The molecule has 0 aliphatic carbocycles. The summed E-state index contributed by atoms with van der Waals surface area (Å²) >= 11 is 0. The molecular weight excluding hydrogens is 303 g/mol. The Balaban J connectivity index is 2.03. The zero-order valence-corrected chi connectivity index (χ0v) is 13.2. The van der Waals surface area contributed by atoms with Crippen LogP contribution in [0.1, 0.15) is 19.4 Å². The first kappa shape index (κ1) is 17.4. The lowest BCUT2D eigenvalue weighted by Crippen LogP contribution is -2.53. The van der Waals surface area contributed by atoms with Gasteiger partial charge in [0.05, 0.1) is 13.2 Å². The van der Waals surface area contributed by atoms with Crippen LogP contribution in [0.2, 0.25) is 0 Å². The van der Waals surface area contributed by atoms with Gasteiger partial charge in [0.15, 0.2) is 5.60 Å². The number of nitrogens with one attached hydrogen (secondary N) is 1. The van der Waals surface area contributed by atoms with E-state index >= 15 is 0 Å². The number of nitrogens with zero attached hydrogens (tertiary/aromatic N) is 1. The monoisotopic (exact) mass is 324 g/mol. The molecule has 1 heterocycles. The number of ether oxygens (including phenoxy) is 1. The van der Waals surface area contributed by atoms with Gasteiger partial charge in [0.25, 0.3) is 5.91 Å². The van der Waals surface area contributed by atoms with Gasteiger partial charge in [-0.15, -0.1) is 0 Å². The van der Waals surface area contributed by atoms with E-state index in [1.54, 1.807) is 11.8 Å². The van der Waals surface area contributed by atoms with E-state index in [1.165, 1.54) is 25.1 Å². The molecule has 6 nitrogen and oxygen atoms in total. The molecule has 1 aliphatic rings. The third kappa shape index (κ3) is 4.05. The smallest absolute Gasteiger partial charge is 0.256 e. The van der Waals surface area contributed by atoms with Crippen molar-refractivity contribution >= 4 is 11.8 Å². The SMILES string of the molecule is CC(NC(=O)C(C)(O)c1cccc(F)c1)C(=O)N1CCOCC1. The van der Waals surface area contributed by atoms with Crippen molar-refractivity contribution in [3.05, 3.63) is 35.6 Å². The molecule has 0 spiro atoms. The Kier molecular flexibility index (Phi) is 5.33. The molecule has 7 heteroatoms. The molecule has 1 aliphatic heterocycles. The van der Waals surface area contributed by atoms with Gasteiger partial charge in [-0.05, 0) is 31.5 Å². The maximum atomic E-state index is 13.3. The summed E-state index contributed by atoms with van der Waals surface area (Å²) in [5, 5.41) is 12.9. The highest BCUT2D eigenvalue weighted by molar-refractivity contribution is 5.91. The van der Waals surface area contributed by atoms with Gasteiger partial charge in [0.1, 0.15) is 11.9 Å². The van der Waals surface area contributed by atoms with Crippen molar-refractivity contribution in [1.29, 1.82) is 0 Å². The number of hydrogen-bond donors (Lipinski definition) is 2. The molecule has 1 fully saturated rings. The lowest BCUT2D eigenvalue weighted by molar-refractivity contribution is -0.145. The van der Waals surface area contributed by atoms with Crippen LogP contribution >= 0.6 is 0 Å². The minimum absolute atomic E-state index is 0.126. The molecular formula is C16H21FN2O4. The van der Waals surface area contributed by atoms with Crippen LogP contribution in [0.5, 0.6) is 0 Å². The number of morpholine rings is 1. The molecule has 1 aromatic rings. The zero-order chi connectivity index (χ0) is 17.0. The van der Waals surface area contributed by atoms with E-state index in [2.05, 4.69) is 5.32 Å². The van der Waals surface area contributed by atoms with E-state index in [-0.39, 0.29) is 11.5 Å². The van der Waals surface area contributed by atoms with E-state index in [9.17, 15) is 19.1 Å². The first-order valence-corrected chi connectivity index (χ1v) is 7.48. The molecule has 2 rings (SSSR count). The average molecular weight is 324 g/mol. The molecule has 0 radical (unpaired) electrons. The summed E-state index contributed by atoms with van der Waals surface area (Å²) in [6.45, 7) is 4.69. The van der Waals surface area contributed by atoms with Crippen LogP contribution in [0, 0.1) is 5.82 Å². The Hall–Kier alpha value is -1.99. The third-order valence-corrected chi connectivity index (χ3v) is 3.87. The van der Waals surface area contributed by atoms with Gasteiger partial charge in [-0.2, -0.15) is 0 Å². The standard InChI is InChI=1S/C16H21FN2O4/c1-11(14(20)19-6-8-23-9-7-19)18-15(21)16(2,22)12-4-3-5-13(17)10-12/h3-5,10-11,22H,6-9H2,1-2H3,(H,18,21). The molecule has 23 heavy (non-hydrogen) atoms. The van der Waals surface area contributed by atoms with E-state index in [4.69, 9.17) is 4.74 Å². The molecule has 0 saturated carbocycles. The van der Waals surface area contributed by atoms with Crippen molar-refractivity contribution < 1.29 is 23.8 Å². The molecule has 0 bridgehead atoms. The van der Waals surface area contributed by atoms with Crippen LogP contribution in [0.15, 0.2) is 24.3 Å². The quantitative estimate of drug-likeness (QED) is 0.840. The highest BCUT2D eigenvalue weighted by Gasteiger charge is 2.35. The van der Waals surface area contributed by atoms with Gasteiger partial charge < -0.3 is 20.1 Å². The van der Waals surface area contributed by atoms with E-state index < -0.39 is 23.4 Å². The van der Waals surface area contributed by atoms with Gasteiger partial charge in [0.2, 0.25) is 5.91 Å². The normalized spacial score (nSPS) is 18.9. The maximum Gasteiger partial charge on any atom is 0.256 e. The number of aliphatic hydroxyl groups is 1. The fraction of sp³-hybridized carbons (Fsp3) is 0.500. The largest absolute Gasteiger partial charge is 0.378 e. The first-order chi connectivity index (χ1) is 10.8. The van der Waals surface area contributed by atoms with Crippen molar-refractivity contribution in [3.63, 3.8) is 0 Å². The van der Waals surface area contributed by atoms with Crippen LogP contribution in [0.25, 0.3) is 0 Å². The molecule has 2 atom stereocenters. The summed E-state index contributed by atoms with van der Waals surface area (Å²) in [5.74, 6) is -1.54. The summed E-state index contributed by atoms with van der Waals surface area (Å²) in [6.07, 6.45) is 0. The van der Waals surface area contributed by atoms with Crippen molar-refractivity contribution in [1.82, 2.24) is 10.2 Å². The molecule has 2 unspecified atom stereocenters. The number of rotatable bonds is 4. The molecule has 2 N–H and O–H groups in total. The fourth-order valence-electron chi connectivity index (χ4n) is 2.38. The minimum atomic E-state index is -1.93. The van der Waals surface area contributed by atoms with Crippen molar-refractivity contribution in [2.24, 2.45) is 0 Å². The number of hydrogen-bond acceptors (Lipinski definition) is 4. The van der Waals surface area contributed by atoms with E-state index in [1.807, 2.05) is 0 Å². The van der Waals surface area contributed by atoms with Gasteiger partial charge in [-0.3, -0.25) is 9.59 Å². The number of amides is 2. The van der Waals surface area contributed by atoms with Crippen LogP contribution in [0.4, 0.5) is 4.39 Å². The summed E-state index contributed by atoms with van der Waals surface area (Å²) < 4.78 is 18.5. The second-order valence-corrected chi connectivity index (χ2v) is 5.72. The minimum Gasteiger partial charge on any atom is -0.378 e. The van der Waals surface area contributed by atoms with Gasteiger partial charge >= 0.3 is 0 Å². The first-order valence-electron chi connectivity index (χ1n) is 7.48. The molecule has 0 aromatic heterocycles. The Morgan fingerprint density at radius 3 is 2.65 bits per heavy atom. The van der Waals surface area contributed by atoms with Crippen LogP contribution in [-0.4, -0.2) is 54.2 Å². The number of benzene rings is 1. The zero-order valence-electron chi connectivity index (χ0n) is 13.2. The van der Waals surface area contributed by atoms with E-state index in [0.717, 1.165) is 6.07 Å². The summed E-state index contributed by atoms with van der Waals surface area (Å²) in [4.78, 5) is 26.2. The van der Waals surface area contributed by atoms with Crippen molar-refractivity contribution in [2.75, 3.05) is 26.3 Å². The highest BCUT2D eigenvalue weighted by atomic mass is 19.1. The predicted molar refractivity (Wildman–Crippen MR) is 81.0 cm³/mol. The maximum absolute atomic E-state index is 13.3. The van der Waals surface area contributed by atoms with E-state index in [0.29, 0.717) is 26.3 Å². The fourth-order valence-corrected chi connectivity index (χ4v) is 2.38. The third-order valence-electron chi connectivity index (χ3n) is 3.87. The molecule has 1 saturated heterocycles. The summed E-state index contributed by atoms with van der Waals surface area (Å²) in [6, 6.07) is 4.39. The van der Waals surface area contributed by atoms with Gasteiger partial charge in [-0.1, -0.05) is 12.1 Å². The average Bonchev–Trinajstić information content (AvgIpc) is 2.54. The summed E-state index contributed by atoms with van der Waals surface area (Å²) in [7, 11) is 0. The van der Waals surface area contributed by atoms with Crippen molar-refractivity contribution in [3.8, 4) is 0 Å². The Morgan fingerprint density at radius 2 is 2.04 bits per heavy atom. The lowest BCUT2D eigenvalue weighted by atomic mass is 9.94. The second kappa shape index (κ2) is 7.06. The summed E-state index contributed by atoms with van der Waals surface area (Å²) in [5.41, 5.74) is -1.80. The van der Waals surface area contributed by atoms with Crippen LogP contribution < -0.4 is 5.32 Å². The Labute approximate surface area is 134 Å². The second-order valence-electron chi connectivity index (χ2n) is 5.72.